The van der Waals surface area contributed by atoms with Crippen molar-refractivity contribution in [3.63, 3.8) is 0 Å². The van der Waals surface area contributed by atoms with Gasteiger partial charge in [-0.2, -0.15) is 10.1 Å². The maximum absolute atomic E-state index is 13.1. The lowest BCUT2D eigenvalue weighted by molar-refractivity contribution is -0.139. The van der Waals surface area contributed by atoms with Crippen LogP contribution in [0, 0.1) is 6.92 Å². The molecule has 0 saturated carbocycles. The van der Waals surface area contributed by atoms with Gasteiger partial charge in [-0.25, -0.2) is 9.48 Å². The summed E-state index contributed by atoms with van der Waals surface area (Å²) in [6.07, 6.45) is 1.43. The largest absolute Gasteiger partial charge is 0.497 e. The molecule has 35 heavy (non-hydrogen) atoms. The van der Waals surface area contributed by atoms with Gasteiger partial charge in [-0.05, 0) is 44.0 Å². The first-order valence-electron chi connectivity index (χ1n) is 11.4. The number of methoxy groups -OCH3 is 1. The zero-order valence-electron chi connectivity index (χ0n) is 20.3. The average Bonchev–Trinajstić information content (AvgIpc) is 3.34. The molecule has 1 N–H and O–H groups in total. The maximum atomic E-state index is 13.1. The SMILES string of the molecule is CCOC(=O)C1=C(C)N(CC(=O)NCc2cccc(OC)c2)c2ncnn2C1c1ccc(C)cc1. The first-order valence-corrected chi connectivity index (χ1v) is 11.4. The normalized spacial score (nSPS) is 15.0. The number of hydrogen-bond donors (Lipinski definition) is 1. The number of carbonyl (C=O) groups is 2. The summed E-state index contributed by atoms with van der Waals surface area (Å²) < 4.78 is 12.3. The molecule has 2 heterocycles. The molecule has 0 aliphatic carbocycles. The van der Waals surface area contributed by atoms with Gasteiger partial charge in [0.25, 0.3) is 0 Å². The van der Waals surface area contributed by atoms with E-state index < -0.39 is 12.0 Å². The molecule has 2 aromatic carbocycles. The first-order chi connectivity index (χ1) is 16.9. The Kier molecular flexibility index (Phi) is 7.14. The predicted octanol–water partition coefficient (Wildman–Crippen LogP) is 3.16. The number of rotatable bonds is 8. The number of fused-ring (bicyclic) bond motifs is 1. The third-order valence-electron chi connectivity index (χ3n) is 5.92. The summed E-state index contributed by atoms with van der Waals surface area (Å²) in [5.41, 5.74) is 3.93. The van der Waals surface area contributed by atoms with Crippen molar-refractivity contribution in [2.75, 3.05) is 25.2 Å². The molecule has 1 aliphatic heterocycles. The van der Waals surface area contributed by atoms with E-state index in [9.17, 15) is 9.59 Å². The molecule has 1 atom stereocenters. The van der Waals surface area contributed by atoms with Crippen LogP contribution in [0.4, 0.5) is 5.95 Å². The number of aryl methyl sites for hydroxylation is 1. The van der Waals surface area contributed by atoms with Crippen molar-refractivity contribution >= 4 is 17.8 Å². The lowest BCUT2D eigenvalue weighted by Crippen LogP contribution is -2.42. The molecule has 0 radical (unpaired) electrons. The summed E-state index contributed by atoms with van der Waals surface area (Å²) in [5.74, 6) is 0.538. The average molecular weight is 476 g/mol. The van der Waals surface area contributed by atoms with Gasteiger partial charge >= 0.3 is 5.97 Å². The zero-order valence-corrected chi connectivity index (χ0v) is 20.3. The van der Waals surface area contributed by atoms with Crippen LogP contribution in [0.5, 0.6) is 5.75 Å². The Morgan fingerprint density at radius 2 is 1.89 bits per heavy atom. The molecule has 1 aromatic heterocycles. The van der Waals surface area contributed by atoms with E-state index >= 15 is 0 Å². The van der Waals surface area contributed by atoms with Gasteiger partial charge in [-0.1, -0.05) is 42.0 Å². The number of amides is 1. The van der Waals surface area contributed by atoms with Gasteiger partial charge in [0, 0.05) is 12.2 Å². The molecule has 4 rings (SSSR count). The standard InChI is InChI=1S/C26H29N5O4/c1-5-35-25(33)23-18(3)30(15-22(32)27-14-19-7-6-8-21(13-19)34-4)26-28-16-29-31(26)24(23)20-11-9-17(2)10-12-20/h6-13,16,24H,5,14-15H2,1-4H3,(H,27,32). The number of ether oxygens (including phenoxy) is 2. The van der Waals surface area contributed by atoms with E-state index in [1.807, 2.05) is 55.5 Å². The van der Waals surface area contributed by atoms with Gasteiger partial charge in [0.2, 0.25) is 11.9 Å². The Balaban J connectivity index is 1.63. The number of hydrogen-bond acceptors (Lipinski definition) is 7. The number of anilines is 1. The minimum absolute atomic E-state index is 0.0297. The maximum Gasteiger partial charge on any atom is 0.338 e. The first kappa shape index (κ1) is 24.0. The highest BCUT2D eigenvalue weighted by molar-refractivity contribution is 5.93. The van der Waals surface area contributed by atoms with Crippen LogP contribution in [0.15, 0.2) is 66.1 Å². The molecular formula is C26H29N5O4. The van der Waals surface area contributed by atoms with Crippen LogP contribution in [0.1, 0.15) is 36.6 Å². The fourth-order valence-corrected chi connectivity index (χ4v) is 4.13. The van der Waals surface area contributed by atoms with Gasteiger partial charge in [-0.15, -0.1) is 0 Å². The smallest absolute Gasteiger partial charge is 0.338 e. The summed E-state index contributed by atoms with van der Waals surface area (Å²) in [5, 5.41) is 7.34. The van der Waals surface area contributed by atoms with Crippen LogP contribution in [-0.2, 0) is 20.9 Å². The summed E-state index contributed by atoms with van der Waals surface area (Å²) >= 11 is 0. The summed E-state index contributed by atoms with van der Waals surface area (Å²) in [6.45, 7) is 6.13. The van der Waals surface area contributed by atoms with Gasteiger partial charge in [-0.3, -0.25) is 4.79 Å². The van der Waals surface area contributed by atoms with Gasteiger partial charge in [0.15, 0.2) is 0 Å². The molecule has 9 nitrogen and oxygen atoms in total. The lowest BCUT2D eigenvalue weighted by atomic mass is 9.94. The topological polar surface area (TPSA) is 98.6 Å². The Morgan fingerprint density at radius 3 is 2.60 bits per heavy atom. The fourth-order valence-electron chi connectivity index (χ4n) is 4.13. The van der Waals surface area contributed by atoms with Crippen LogP contribution in [0.25, 0.3) is 0 Å². The number of benzene rings is 2. The summed E-state index contributed by atoms with van der Waals surface area (Å²) in [7, 11) is 1.60. The van der Waals surface area contributed by atoms with Crippen molar-refractivity contribution in [2.45, 2.75) is 33.4 Å². The highest BCUT2D eigenvalue weighted by atomic mass is 16.5. The number of nitrogens with one attached hydrogen (secondary N) is 1. The summed E-state index contributed by atoms with van der Waals surface area (Å²) in [6, 6.07) is 14.9. The molecule has 1 amide bonds. The number of carbonyl (C=O) groups excluding carboxylic acids is 2. The molecule has 9 heteroatoms. The lowest BCUT2D eigenvalue weighted by Gasteiger charge is -2.35. The van der Waals surface area contributed by atoms with Crippen LogP contribution >= 0.6 is 0 Å². The number of nitrogens with zero attached hydrogens (tertiary/aromatic N) is 4. The minimum Gasteiger partial charge on any atom is -0.497 e. The Bertz CT molecular complexity index is 1250. The Hall–Kier alpha value is -4.14. The van der Waals surface area contributed by atoms with Gasteiger partial charge in [0.1, 0.15) is 24.7 Å². The molecule has 0 bridgehead atoms. The summed E-state index contributed by atoms with van der Waals surface area (Å²) in [4.78, 5) is 32.1. The van der Waals surface area contributed by atoms with E-state index in [0.29, 0.717) is 23.8 Å². The van der Waals surface area contributed by atoms with E-state index in [-0.39, 0.29) is 19.1 Å². The van der Waals surface area contributed by atoms with Gasteiger partial charge < -0.3 is 19.7 Å². The highest BCUT2D eigenvalue weighted by Crippen LogP contribution is 2.38. The molecule has 1 unspecified atom stereocenters. The van der Waals surface area contributed by atoms with E-state index in [0.717, 1.165) is 22.4 Å². The Labute approximate surface area is 204 Å². The third kappa shape index (κ3) is 5.03. The van der Waals surface area contributed by atoms with Crippen molar-refractivity contribution in [2.24, 2.45) is 0 Å². The Morgan fingerprint density at radius 1 is 1.11 bits per heavy atom. The van der Waals surface area contributed by atoms with E-state index in [2.05, 4.69) is 15.4 Å². The second-order valence-electron chi connectivity index (χ2n) is 8.25. The quantitative estimate of drug-likeness (QED) is 0.500. The zero-order chi connectivity index (χ0) is 24.9. The highest BCUT2D eigenvalue weighted by Gasteiger charge is 2.38. The molecule has 0 saturated heterocycles. The molecule has 0 fully saturated rings. The monoisotopic (exact) mass is 475 g/mol. The molecule has 182 valence electrons. The minimum atomic E-state index is -0.511. The molecular weight excluding hydrogens is 446 g/mol. The van der Waals surface area contributed by atoms with Gasteiger partial charge in [0.05, 0.1) is 19.3 Å². The van der Waals surface area contributed by atoms with Crippen molar-refractivity contribution in [1.29, 1.82) is 0 Å². The van der Waals surface area contributed by atoms with Crippen molar-refractivity contribution in [3.8, 4) is 5.75 Å². The van der Waals surface area contributed by atoms with Crippen molar-refractivity contribution < 1.29 is 19.1 Å². The second kappa shape index (κ2) is 10.4. The molecule has 1 aliphatic rings. The number of aromatic nitrogens is 3. The van der Waals surface area contributed by atoms with E-state index in [1.165, 1.54) is 6.33 Å². The predicted molar refractivity (Wildman–Crippen MR) is 131 cm³/mol. The van der Waals surface area contributed by atoms with E-state index in [1.54, 1.807) is 30.5 Å². The molecule has 3 aromatic rings. The second-order valence-corrected chi connectivity index (χ2v) is 8.25. The van der Waals surface area contributed by atoms with Crippen LogP contribution < -0.4 is 15.0 Å². The third-order valence-corrected chi connectivity index (χ3v) is 5.92. The number of esters is 1. The fraction of sp³-hybridized carbons (Fsp3) is 0.308. The van der Waals surface area contributed by atoms with Crippen molar-refractivity contribution in [3.05, 3.63) is 82.8 Å². The number of allylic oxidation sites excluding steroid dienone is 1. The van der Waals surface area contributed by atoms with Crippen LogP contribution in [0.3, 0.4) is 0 Å². The van der Waals surface area contributed by atoms with Crippen LogP contribution in [0.2, 0.25) is 0 Å². The molecule has 0 spiro atoms. The van der Waals surface area contributed by atoms with Crippen molar-refractivity contribution in [1.82, 2.24) is 20.1 Å². The van der Waals surface area contributed by atoms with E-state index in [4.69, 9.17) is 9.47 Å². The van der Waals surface area contributed by atoms with Crippen LogP contribution in [-0.4, -0.2) is 46.9 Å².